The van der Waals surface area contributed by atoms with Gasteiger partial charge in [0.2, 0.25) is 0 Å². The molecule has 5 heteroatoms. The zero-order valence-electron chi connectivity index (χ0n) is 8.91. The number of ether oxygens (including phenoxy) is 1. The Hall–Kier alpha value is -1.62. The Kier molecular flexibility index (Phi) is 4.56. The molecule has 1 aromatic heterocycles. The lowest BCUT2D eigenvalue weighted by molar-refractivity contribution is 0.0600. The lowest BCUT2D eigenvalue weighted by Crippen LogP contribution is -2.18. The third-order valence-corrected chi connectivity index (χ3v) is 1.86. The minimum Gasteiger partial charge on any atom is -0.465 e. The molecule has 0 saturated heterocycles. The van der Waals surface area contributed by atoms with E-state index in [0.717, 1.165) is 13.1 Å². The summed E-state index contributed by atoms with van der Waals surface area (Å²) < 4.78 is 4.61. The third-order valence-electron chi connectivity index (χ3n) is 1.86. The third kappa shape index (κ3) is 3.55. The van der Waals surface area contributed by atoms with E-state index >= 15 is 0 Å². The van der Waals surface area contributed by atoms with E-state index in [2.05, 4.69) is 20.4 Å². The van der Waals surface area contributed by atoms with E-state index in [0.29, 0.717) is 11.4 Å². The van der Waals surface area contributed by atoms with Gasteiger partial charge in [0.05, 0.1) is 12.7 Å². The molecule has 0 aliphatic carbocycles. The number of carbonyl (C=O) groups excluding carboxylic acids is 1. The van der Waals surface area contributed by atoms with E-state index in [1.54, 1.807) is 18.3 Å². The molecule has 1 aromatic rings. The van der Waals surface area contributed by atoms with Crippen LogP contribution in [0.3, 0.4) is 0 Å². The number of hydrogen-bond acceptors (Lipinski definition) is 5. The van der Waals surface area contributed by atoms with Crippen LogP contribution in [-0.2, 0) is 4.74 Å². The Labute approximate surface area is 88.9 Å². The maximum atomic E-state index is 11.2. The molecule has 0 atom stereocenters. The molecule has 0 fully saturated rings. The molecular formula is C10H15N3O2. The first-order valence-electron chi connectivity index (χ1n) is 4.70. The zero-order valence-corrected chi connectivity index (χ0v) is 8.91. The average Bonchev–Trinajstić information content (AvgIpc) is 2.29. The number of methoxy groups -OCH3 is 1. The fourth-order valence-corrected chi connectivity index (χ4v) is 1.09. The first-order chi connectivity index (χ1) is 7.27. The number of carbonyl (C=O) groups is 1. The summed E-state index contributed by atoms with van der Waals surface area (Å²) in [4.78, 5) is 15.3. The molecule has 82 valence electrons. The minimum atomic E-state index is -0.353. The Morgan fingerprint density at radius 1 is 1.53 bits per heavy atom. The molecule has 0 bridgehead atoms. The summed E-state index contributed by atoms with van der Waals surface area (Å²) >= 11 is 0. The summed E-state index contributed by atoms with van der Waals surface area (Å²) in [6, 6.07) is 3.29. The van der Waals surface area contributed by atoms with Gasteiger partial charge in [-0.1, -0.05) is 0 Å². The van der Waals surface area contributed by atoms with Crippen molar-refractivity contribution in [2.24, 2.45) is 0 Å². The number of pyridine rings is 1. The molecule has 2 N–H and O–H groups in total. The van der Waals surface area contributed by atoms with Gasteiger partial charge < -0.3 is 15.4 Å². The molecular weight excluding hydrogens is 194 g/mol. The first-order valence-corrected chi connectivity index (χ1v) is 4.70. The van der Waals surface area contributed by atoms with E-state index in [1.165, 1.54) is 7.11 Å². The van der Waals surface area contributed by atoms with Crippen LogP contribution in [-0.4, -0.2) is 38.2 Å². The molecule has 1 heterocycles. The van der Waals surface area contributed by atoms with Crippen LogP contribution < -0.4 is 10.6 Å². The van der Waals surface area contributed by atoms with E-state index < -0.39 is 0 Å². The van der Waals surface area contributed by atoms with Crippen molar-refractivity contribution in [1.29, 1.82) is 0 Å². The summed E-state index contributed by atoms with van der Waals surface area (Å²) in [5.74, 6) is 0.321. The summed E-state index contributed by atoms with van der Waals surface area (Å²) in [7, 11) is 3.23. The maximum absolute atomic E-state index is 11.2. The standard InChI is InChI=1S/C10H15N3O2/c1-11-5-6-13-9-7-8(3-4-12-9)10(14)15-2/h3-4,7,11H,5-6H2,1-2H3,(H,12,13). The first kappa shape index (κ1) is 11.5. The minimum absolute atomic E-state index is 0.353. The van der Waals surface area contributed by atoms with Gasteiger partial charge in [-0.2, -0.15) is 0 Å². The second-order valence-electron chi connectivity index (χ2n) is 2.95. The Morgan fingerprint density at radius 3 is 3.00 bits per heavy atom. The zero-order chi connectivity index (χ0) is 11.1. The van der Waals surface area contributed by atoms with Crippen molar-refractivity contribution >= 4 is 11.8 Å². The van der Waals surface area contributed by atoms with E-state index in [-0.39, 0.29) is 5.97 Å². The molecule has 1 rings (SSSR count). The summed E-state index contributed by atoms with van der Waals surface area (Å²) in [5.41, 5.74) is 0.499. The lowest BCUT2D eigenvalue weighted by atomic mass is 10.2. The van der Waals surface area contributed by atoms with Crippen molar-refractivity contribution in [1.82, 2.24) is 10.3 Å². The molecule has 15 heavy (non-hydrogen) atoms. The number of rotatable bonds is 5. The van der Waals surface area contributed by atoms with Crippen LogP contribution in [0.25, 0.3) is 0 Å². The van der Waals surface area contributed by atoms with Crippen LogP contribution in [0.1, 0.15) is 10.4 Å². The number of nitrogens with zero attached hydrogens (tertiary/aromatic N) is 1. The second-order valence-corrected chi connectivity index (χ2v) is 2.95. The van der Waals surface area contributed by atoms with E-state index in [9.17, 15) is 4.79 Å². The molecule has 5 nitrogen and oxygen atoms in total. The van der Waals surface area contributed by atoms with Gasteiger partial charge in [-0.05, 0) is 19.2 Å². The highest BCUT2D eigenvalue weighted by Crippen LogP contribution is 2.07. The average molecular weight is 209 g/mol. The monoisotopic (exact) mass is 209 g/mol. The summed E-state index contributed by atoms with van der Waals surface area (Å²) in [5, 5.41) is 6.09. The number of anilines is 1. The van der Waals surface area contributed by atoms with Crippen molar-refractivity contribution in [3.63, 3.8) is 0 Å². The molecule has 0 radical (unpaired) electrons. The van der Waals surface area contributed by atoms with Crippen LogP contribution in [0.5, 0.6) is 0 Å². The van der Waals surface area contributed by atoms with Crippen molar-refractivity contribution in [2.75, 3.05) is 32.6 Å². The van der Waals surface area contributed by atoms with Gasteiger partial charge in [-0.25, -0.2) is 9.78 Å². The molecule has 0 unspecified atom stereocenters. The highest BCUT2D eigenvalue weighted by Gasteiger charge is 2.05. The van der Waals surface area contributed by atoms with Gasteiger partial charge in [0.15, 0.2) is 0 Å². The van der Waals surface area contributed by atoms with Crippen LogP contribution in [0, 0.1) is 0 Å². The number of esters is 1. The molecule has 0 spiro atoms. The van der Waals surface area contributed by atoms with E-state index in [1.807, 2.05) is 7.05 Å². The normalized spacial score (nSPS) is 9.73. The summed E-state index contributed by atoms with van der Waals surface area (Å²) in [6.45, 7) is 1.60. The highest BCUT2D eigenvalue weighted by atomic mass is 16.5. The van der Waals surface area contributed by atoms with Gasteiger partial charge >= 0.3 is 5.97 Å². The molecule has 0 aromatic carbocycles. The number of hydrogen-bond donors (Lipinski definition) is 2. The summed E-state index contributed by atoms with van der Waals surface area (Å²) in [6.07, 6.45) is 1.58. The van der Waals surface area contributed by atoms with Gasteiger partial charge in [0.25, 0.3) is 0 Å². The number of likely N-dealkylation sites (N-methyl/N-ethyl adjacent to an activating group) is 1. The number of nitrogens with one attached hydrogen (secondary N) is 2. The van der Waals surface area contributed by atoms with Gasteiger partial charge in [0.1, 0.15) is 5.82 Å². The van der Waals surface area contributed by atoms with Crippen molar-refractivity contribution in [3.05, 3.63) is 23.9 Å². The molecule has 0 aliphatic rings. The van der Waals surface area contributed by atoms with Gasteiger partial charge in [-0.3, -0.25) is 0 Å². The van der Waals surface area contributed by atoms with Gasteiger partial charge in [-0.15, -0.1) is 0 Å². The fourth-order valence-electron chi connectivity index (χ4n) is 1.09. The largest absolute Gasteiger partial charge is 0.465 e. The lowest BCUT2D eigenvalue weighted by Gasteiger charge is -2.05. The smallest absolute Gasteiger partial charge is 0.338 e. The predicted octanol–water partition coefficient (Wildman–Crippen LogP) is 0.499. The van der Waals surface area contributed by atoms with Crippen LogP contribution in [0.4, 0.5) is 5.82 Å². The highest BCUT2D eigenvalue weighted by molar-refractivity contribution is 5.89. The fraction of sp³-hybridized carbons (Fsp3) is 0.400. The molecule has 0 amide bonds. The van der Waals surface area contributed by atoms with Crippen molar-refractivity contribution in [3.8, 4) is 0 Å². The predicted molar refractivity (Wildman–Crippen MR) is 58.0 cm³/mol. The Morgan fingerprint density at radius 2 is 2.33 bits per heavy atom. The van der Waals surface area contributed by atoms with Crippen molar-refractivity contribution < 1.29 is 9.53 Å². The van der Waals surface area contributed by atoms with Crippen molar-refractivity contribution in [2.45, 2.75) is 0 Å². The van der Waals surface area contributed by atoms with Crippen LogP contribution >= 0.6 is 0 Å². The Bertz CT molecular complexity index is 328. The Balaban J connectivity index is 2.62. The maximum Gasteiger partial charge on any atom is 0.338 e. The van der Waals surface area contributed by atoms with Crippen LogP contribution in [0.2, 0.25) is 0 Å². The van der Waals surface area contributed by atoms with Crippen LogP contribution in [0.15, 0.2) is 18.3 Å². The quantitative estimate of drug-likeness (QED) is 0.546. The second kappa shape index (κ2) is 5.98. The number of aromatic nitrogens is 1. The SMILES string of the molecule is CNCCNc1cc(C(=O)OC)ccn1. The van der Waals surface area contributed by atoms with Gasteiger partial charge in [0, 0.05) is 19.3 Å². The topological polar surface area (TPSA) is 63.2 Å². The van der Waals surface area contributed by atoms with E-state index in [4.69, 9.17) is 0 Å². The molecule has 0 saturated carbocycles. The molecule has 0 aliphatic heterocycles.